The van der Waals surface area contributed by atoms with Gasteiger partial charge in [0.1, 0.15) is 46.8 Å². The van der Waals surface area contributed by atoms with Gasteiger partial charge in [-0.05, 0) is 57.0 Å². The van der Waals surface area contributed by atoms with Gasteiger partial charge in [-0.15, -0.1) is 0 Å². The van der Waals surface area contributed by atoms with Crippen molar-refractivity contribution >= 4 is 22.8 Å². The third-order valence-electron chi connectivity index (χ3n) is 8.54. The van der Waals surface area contributed by atoms with Crippen molar-refractivity contribution in [1.29, 1.82) is 5.26 Å². The van der Waals surface area contributed by atoms with Crippen LogP contribution in [0.15, 0.2) is 66.5 Å². The summed E-state index contributed by atoms with van der Waals surface area (Å²) in [4.78, 5) is 26.4. The minimum Gasteiger partial charge on any atom is -0.457 e. The fourth-order valence-electron chi connectivity index (χ4n) is 6.20. The number of para-hydroxylation sites is 1. The van der Waals surface area contributed by atoms with E-state index in [0.717, 1.165) is 39.0 Å². The third-order valence-corrected chi connectivity index (χ3v) is 8.54. The summed E-state index contributed by atoms with van der Waals surface area (Å²) >= 11 is 0. The number of carbonyl (C=O) groups excluding carboxylic acids is 1. The first-order chi connectivity index (χ1) is 21.7. The lowest BCUT2D eigenvalue weighted by Crippen LogP contribution is -2.52. The molecule has 12 heteroatoms. The largest absolute Gasteiger partial charge is 0.457 e. The average Bonchev–Trinajstić information content (AvgIpc) is 3.66. The molecule has 45 heavy (non-hydrogen) atoms. The number of halogens is 1. The van der Waals surface area contributed by atoms with Crippen molar-refractivity contribution < 1.29 is 13.9 Å². The molecule has 2 aromatic carbocycles. The molecular weight excluding hydrogens is 573 g/mol. The number of nitriles is 1. The molecular formula is C33H36FN9O2. The Morgan fingerprint density at radius 3 is 2.67 bits per heavy atom. The number of piperazine rings is 1. The Morgan fingerprint density at radius 1 is 1.16 bits per heavy atom. The van der Waals surface area contributed by atoms with E-state index < -0.39 is 11.4 Å². The number of carbonyl (C=O) groups is 1. The average molecular weight is 610 g/mol. The number of hydrogen-bond donors (Lipinski definition) is 2. The highest BCUT2D eigenvalue weighted by atomic mass is 19.1. The van der Waals surface area contributed by atoms with Crippen molar-refractivity contribution in [1.82, 2.24) is 34.9 Å². The molecule has 0 radical (unpaired) electrons. The van der Waals surface area contributed by atoms with E-state index in [9.17, 15) is 10.1 Å². The monoisotopic (exact) mass is 609 g/mol. The number of amides is 1. The van der Waals surface area contributed by atoms with Gasteiger partial charge in [0, 0.05) is 49.9 Å². The Hall–Kier alpha value is -4.86. The lowest BCUT2D eigenvalue weighted by Gasteiger charge is -2.39. The molecule has 11 nitrogen and oxygen atoms in total. The Balaban J connectivity index is 1.28. The van der Waals surface area contributed by atoms with Crippen LogP contribution in [0.3, 0.4) is 0 Å². The zero-order valence-electron chi connectivity index (χ0n) is 25.4. The van der Waals surface area contributed by atoms with Crippen LogP contribution < -0.4 is 15.8 Å². The molecule has 4 heterocycles. The molecule has 0 spiro atoms. The number of anilines is 1. The minimum absolute atomic E-state index is 0.128. The second-order valence-electron chi connectivity index (χ2n) is 11.9. The van der Waals surface area contributed by atoms with Gasteiger partial charge in [0.2, 0.25) is 0 Å². The van der Waals surface area contributed by atoms with E-state index in [0.29, 0.717) is 41.3 Å². The fourth-order valence-corrected chi connectivity index (χ4v) is 6.20. The molecule has 0 unspecified atom stereocenters. The summed E-state index contributed by atoms with van der Waals surface area (Å²) in [5.74, 6) is 0.279. The van der Waals surface area contributed by atoms with Gasteiger partial charge in [-0.2, -0.15) is 10.4 Å². The predicted octanol–water partition coefficient (Wildman–Crippen LogP) is 4.13. The van der Waals surface area contributed by atoms with E-state index in [-0.39, 0.29) is 28.9 Å². The summed E-state index contributed by atoms with van der Waals surface area (Å²) in [6.45, 7) is 8.30. The van der Waals surface area contributed by atoms with Crippen LogP contribution >= 0.6 is 0 Å². The number of rotatable bonds is 8. The van der Waals surface area contributed by atoms with E-state index in [1.807, 2.05) is 32.0 Å². The molecule has 2 aliphatic heterocycles. The van der Waals surface area contributed by atoms with E-state index in [2.05, 4.69) is 26.3 Å². The van der Waals surface area contributed by atoms with Crippen LogP contribution in [-0.2, 0) is 11.3 Å². The third kappa shape index (κ3) is 6.22. The molecule has 3 N–H and O–H groups in total. The topological polar surface area (TPSA) is 138 Å². The highest BCUT2D eigenvalue weighted by molar-refractivity contribution is 5.99. The number of fused-ring (bicyclic) bond motifs is 1. The van der Waals surface area contributed by atoms with E-state index in [1.54, 1.807) is 39.9 Å². The zero-order valence-corrected chi connectivity index (χ0v) is 25.4. The first kappa shape index (κ1) is 30.2. The number of likely N-dealkylation sites (tertiary alicyclic amines) is 1. The number of nitrogens with two attached hydrogens (primary N) is 1. The summed E-state index contributed by atoms with van der Waals surface area (Å²) in [5, 5.41) is 18.6. The molecule has 1 atom stereocenters. The number of nitrogen functional groups attached to an aromatic ring is 1. The SMILES string of the molecule is CC(C)(C=C(C#N)C(=O)N1CCC[C@H]1Cn1nc(-c2ccc(Oc3ccccc3)cc2F)c2c(N)ncnc21)N1CCNCC1. The van der Waals surface area contributed by atoms with Gasteiger partial charge in [0.05, 0.1) is 18.0 Å². The summed E-state index contributed by atoms with van der Waals surface area (Å²) in [5.41, 5.74) is 6.93. The predicted molar refractivity (Wildman–Crippen MR) is 169 cm³/mol. The maximum absolute atomic E-state index is 15.6. The van der Waals surface area contributed by atoms with Crippen molar-refractivity contribution in [2.45, 2.75) is 44.8 Å². The second-order valence-corrected chi connectivity index (χ2v) is 11.9. The lowest BCUT2D eigenvalue weighted by molar-refractivity contribution is -0.127. The number of hydrogen-bond acceptors (Lipinski definition) is 9. The standard InChI is InChI=1S/C33H36FN9O2/c1-33(2,41-15-12-37-13-16-41)18-22(19-35)32(44)42-14-6-7-23(42)20-43-31-28(30(36)38-21-39-31)29(40-43)26-11-10-25(17-27(26)34)45-24-8-4-3-5-9-24/h3-5,8-11,17-18,21,23,37H,6-7,12-16,20H2,1-2H3,(H2,36,38,39)/t23-/m0/s1. The normalized spacial score (nSPS) is 17.9. The van der Waals surface area contributed by atoms with Gasteiger partial charge in [-0.3, -0.25) is 9.69 Å². The van der Waals surface area contributed by atoms with Crippen LogP contribution in [0.25, 0.3) is 22.3 Å². The zero-order chi connectivity index (χ0) is 31.6. The highest BCUT2D eigenvalue weighted by Crippen LogP contribution is 2.35. The Labute approximate surface area is 261 Å². The van der Waals surface area contributed by atoms with Gasteiger partial charge in [-0.1, -0.05) is 18.2 Å². The minimum atomic E-state index is -0.535. The molecule has 6 rings (SSSR count). The second kappa shape index (κ2) is 12.6. The quantitative estimate of drug-likeness (QED) is 0.223. The molecule has 2 aromatic heterocycles. The van der Waals surface area contributed by atoms with E-state index in [1.165, 1.54) is 12.4 Å². The Morgan fingerprint density at radius 2 is 1.93 bits per heavy atom. The van der Waals surface area contributed by atoms with Gasteiger partial charge < -0.3 is 20.7 Å². The summed E-state index contributed by atoms with van der Waals surface area (Å²) < 4.78 is 23.0. The van der Waals surface area contributed by atoms with Crippen LogP contribution in [0.1, 0.15) is 26.7 Å². The summed E-state index contributed by atoms with van der Waals surface area (Å²) in [6.07, 6.45) is 4.65. The van der Waals surface area contributed by atoms with E-state index >= 15 is 4.39 Å². The highest BCUT2D eigenvalue weighted by Gasteiger charge is 2.34. The number of ether oxygens (including phenoxy) is 1. The van der Waals surface area contributed by atoms with E-state index in [4.69, 9.17) is 15.6 Å². The number of nitrogens with one attached hydrogen (secondary N) is 1. The van der Waals surface area contributed by atoms with Gasteiger partial charge in [0.25, 0.3) is 5.91 Å². The Kier molecular flexibility index (Phi) is 8.47. The molecule has 2 aliphatic rings. The van der Waals surface area contributed by atoms with Crippen molar-refractivity contribution in [3.8, 4) is 28.8 Å². The van der Waals surface area contributed by atoms with Crippen molar-refractivity contribution in [3.05, 3.63) is 72.3 Å². The fraction of sp³-hybridized carbons (Fsp3) is 0.364. The van der Waals surface area contributed by atoms with Gasteiger partial charge in [-0.25, -0.2) is 19.0 Å². The molecule has 2 saturated heterocycles. The smallest absolute Gasteiger partial charge is 0.264 e. The maximum Gasteiger partial charge on any atom is 0.264 e. The molecule has 0 saturated carbocycles. The van der Waals surface area contributed by atoms with Crippen molar-refractivity contribution in [3.63, 3.8) is 0 Å². The van der Waals surface area contributed by atoms with Crippen molar-refractivity contribution in [2.24, 2.45) is 0 Å². The van der Waals surface area contributed by atoms with Crippen LogP contribution in [0.5, 0.6) is 11.5 Å². The van der Waals surface area contributed by atoms with Gasteiger partial charge >= 0.3 is 0 Å². The first-order valence-corrected chi connectivity index (χ1v) is 15.1. The molecule has 0 bridgehead atoms. The van der Waals surface area contributed by atoms with Crippen LogP contribution in [0.2, 0.25) is 0 Å². The van der Waals surface area contributed by atoms with Gasteiger partial charge in [0.15, 0.2) is 5.65 Å². The Bertz CT molecular complexity index is 1770. The molecule has 0 aliphatic carbocycles. The van der Waals surface area contributed by atoms with Crippen LogP contribution in [-0.4, -0.2) is 79.8 Å². The number of benzene rings is 2. The van der Waals surface area contributed by atoms with Crippen LogP contribution in [0.4, 0.5) is 10.2 Å². The lowest BCUT2D eigenvalue weighted by atomic mass is 9.97. The van der Waals surface area contributed by atoms with Crippen LogP contribution in [0, 0.1) is 17.1 Å². The first-order valence-electron chi connectivity index (χ1n) is 15.1. The summed E-state index contributed by atoms with van der Waals surface area (Å²) in [6, 6.07) is 15.6. The number of aromatic nitrogens is 4. The molecule has 232 valence electrons. The van der Waals surface area contributed by atoms with Crippen molar-refractivity contribution in [2.75, 3.05) is 38.5 Å². The maximum atomic E-state index is 15.6. The molecule has 1 amide bonds. The molecule has 2 fully saturated rings. The summed E-state index contributed by atoms with van der Waals surface area (Å²) in [7, 11) is 0. The molecule has 4 aromatic rings. The number of nitrogens with zero attached hydrogens (tertiary/aromatic N) is 7.